The van der Waals surface area contributed by atoms with Gasteiger partial charge in [0.15, 0.2) is 0 Å². The smallest absolute Gasteiger partial charge is 0.129 e. The molecule has 72 valence electrons. The predicted molar refractivity (Wildman–Crippen MR) is 50.3 cm³/mol. The van der Waals surface area contributed by atoms with Gasteiger partial charge < -0.3 is 10.4 Å². The fourth-order valence-corrected chi connectivity index (χ4v) is 1.47. The molecule has 1 rings (SSSR count). The molecule has 0 heterocycles. The number of aliphatic hydroxyl groups is 1. The molecule has 4 heteroatoms. The number of nitrogens with one attached hydrogen (secondary N) is 1. The molecule has 0 bridgehead atoms. The molecule has 0 fully saturated rings. The molecule has 0 spiro atoms. The van der Waals surface area contributed by atoms with Crippen molar-refractivity contribution in [3.63, 3.8) is 0 Å². The maximum atomic E-state index is 13.2. The van der Waals surface area contributed by atoms with Crippen molar-refractivity contribution in [3.05, 3.63) is 34.6 Å². The molecule has 2 N–H and O–H groups in total. The molecular formula is C9H11ClFNO. The first-order valence-electron chi connectivity index (χ1n) is 3.92. The number of halogens is 2. The van der Waals surface area contributed by atoms with Gasteiger partial charge in [-0.1, -0.05) is 17.7 Å². The van der Waals surface area contributed by atoms with Crippen LogP contribution >= 0.6 is 11.6 Å². The first kappa shape index (κ1) is 10.4. The second-order valence-corrected chi connectivity index (χ2v) is 3.07. The van der Waals surface area contributed by atoms with Gasteiger partial charge in [-0.15, -0.1) is 0 Å². The molecule has 0 aliphatic carbocycles. The molecule has 0 radical (unpaired) electrons. The molecule has 1 atom stereocenters. The highest BCUT2D eigenvalue weighted by Gasteiger charge is 2.15. The molecule has 1 aromatic carbocycles. The molecule has 0 aliphatic heterocycles. The van der Waals surface area contributed by atoms with E-state index in [0.29, 0.717) is 10.6 Å². The van der Waals surface area contributed by atoms with Crippen LogP contribution in [-0.2, 0) is 0 Å². The molecule has 0 amide bonds. The molecule has 1 aromatic rings. The van der Waals surface area contributed by atoms with E-state index in [4.69, 9.17) is 16.7 Å². The van der Waals surface area contributed by atoms with Gasteiger partial charge in [-0.3, -0.25) is 0 Å². The fourth-order valence-electron chi connectivity index (χ4n) is 1.17. The molecular weight excluding hydrogens is 193 g/mol. The number of hydrogen-bond donors (Lipinski definition) is 2. The van der Waals surface area contributed by atoms with E-state index in [-0.39, 0.29) is 6.61 Å². The maximum absolute atomic E-state index is 13.2. The number of hydrogen-bond acceptors (Lipinski definition) is 2. The zero-order valence-electron chi connectivity index (χ0n) is 7.22. The maximum Gasteiger partial charge on any atom is 0.129 e. The monoisotopic (exact) mass is 203 g/mol. The van der Waals surface area contributed by atoms with Gasteiger partial charge in [0.1, 0.15) is 5.82 Å². The van der Waals surface area contributed by atoms with Gasteiger partial charge in [0.05, 0.1) is 12.6 Å². The third kappa shape index (κ3) is 2.18. The fraction of sp³-hybridized carbons (Fsp3) is 0.333. The summed E-state index contributed by atoms with van der Waals surface area (Å²) >= 11 is 5.79. The quantitative estimate of drug-likeness (QED) is 0.784. The Morgan fingerprint density at radius 2 is 2.31 bits per heavy atom. The van der Waals surface area contributed by atoms with Crippen molar-refractivity contribution in [2.75, 3.05) is 13.7 Å². The van der Waals surface area contributed by atoms with Crippen LogP contribution in [0.2, 0.25) is 5.02 Å². The Kier molecular flexibility index (Phi) is 3.66. The Hall–Kier alpha value is -0.640. The summed E-state index contributed by atoms with van der Waals surface area (Å²) in [6.07, 6.45) is 0. The zero-order valence-corrected chi connectivity index (χ0v) is 7.98. The van der Waals surface area contributed by atoms with Gasteiger partial charge >= 0.3 is 0 Å². The lowest BCUT2D eigenvalue weighted by atomic mass is 10.1. The van der Waals surface area contributed by atoms with E-state index in [1.165, 1.54) is 12.1 Å². The largest absolute Gasteiger partial charge is 0.394 e. The normalized spacial score (nSPS) is 12.9. The highest BCUT2D eigenvalue weighted by Crippen LogP contribution is 2.25. The van der Waals surface area contributed by atoms with Gasteiger partial charge in [0.25, 0.3) is 0 Å². The van der Waals surface area contributed by atoms with Crippen LogP contribution in [-0.4, -0.2) is 18.8 Å². The first-order chi connectivity index (χ1) is 6.20. The Labute approximate surface area is 81.3 Å². The van der Waals surface area contributed by atoms with Crippen LogP contribution in [0.1, 0.15) is 11.6 Å². The van der Waals surface area contributed by atoms with Crippen LogP contribution in [0.15, 0.2) is 18.2 Å². The average molecular weight is 204 g/mol. The summed E-state index contributed by atoms with van der Waals surface area (Å²) in [6.45, 7) is -0.183. The van der Waals surface area contributed by atoms with Crippen molar-refractivity contribution >= 4 is 11.6 Å². The van der Waals surface area contributed by atoms with Crippen molar-refractivity contribution in [2.45, 2.75) is 6.04 Å². The lowest BCUT2D eigenvalue weighted by Gasteiger charge is -2.15. The van der Waals surface area contributed by atoms with E-state index in [1.807, 2.05) is 0 Å². The SMILES string of the molecule is CN[C@H](CO)c1c(F)cccc1Cl. The predicted octanol–water partition coefficient (Wildman–Crippen LogP) is 1.73. The molecule has 0 aliphatic rings. The van der Waals surface area contributed by atoms with Crippen LogP contribution in [0, 0.1) is 5.82 Å². The summed E-state index contributed by atoms with van der Waals surface area (Å²) in [6, 6.07) is 4.00. The third-order valence-electron chi connectivity index (χ3n) is 1.88. The van der Waals surface area contributed by atoms with Crippen molar-refractivity contribution in [2.24, 2.45) is 0 Å². The number of rotatable bonds is 3. The van der Waals surface area contributed by atoms with Gasteiger partial charge in [-0.05, 0) is 19.2 Å². The van der Waals surface area contributed by atoms with Crippen molar-refractivity contribution in [1.29, 1.82) is 0 Å². The summed E-state index contributed by atoms with van der Waals surface area (Å²) in [5.74, 6) is -0.402. The summed E-state index contributed by atoms with van der Waals surface area (Å²) in [7, 11) is 1.64. The standard InChI is InChI=1S/C9H11ClFNO/c1-12-8(5-13)9-6(10)3-2-4-7(9)11/h2-4,8,12-13H,5H2,1H3/t8-/m1/s1. The number of aliphatic hydroxyl groups excluding tert-OH is 1. The van der Waals surface area contributed by atoms with E-state index < -0.39 is 11.9 Å². The minimum atomic E-state index is -0.450. The van der Waals surface area contributed by atoms with E-state index in [2.05, 4.69) is 5.32 Å². The number of likely N-dealkylation sites (N-methyl/N-ethyl adjacent to an activating group) is 1. The lowest BCUT2D eigenvalue weighted by Crippen LogP contribution is -2.21. The van der Waals surface area contributed by atoms with Crippen molar-refractivity contribution in [1.82, 2.24) is 5.32 Å². The zero-order chi connectivity index (χ0) is 9.84. The van der Waals surface area contributed by atoms with Crippen LogP contribution in [0.4, 0.5) is 4.39 Å². The number of benzene rings is 1. The first-order valence-corrected chi connectivity index (χ1v) is 4.30. The summed E-state index contributed by atoms with van der Waals surface area (Å²) in [5, 5.41) is 12.0. The topological polar surface area (TPSA) is 32.3 Å². The third-order valence-corrected chi connectivity index (χ3v) is 2.21. The molecule has 0 unspecified atom stereocenters. The van der Waals surface area contributed by atoms with Crippen molar-refractivity contribution in [3.8, 4) is 0 Å². The van der Waals surface area contributed by atoms with Crippen molar-refractivity contribution < 1.29 is 9.50 Å². The Bertz CT molecular complexity index is 269. The molecule has 0 aromatic heterocycles. The van der Waals surface area contributed by atoms with Crippen LogP contribution < -0.4 is 5.32 Å². The highest BCUT2D eigenvalue weighted by atomic mass is 35.5. The highest BCUT2D eigenvalue weighted by molar-refractivity contribution is 6.31. The molecule has 0 saturated carbocycles. The second-order valence-electron chi connectivity index (χ2n) is 2.66. The average Bonchev–Trinajstić information content (AvgIpc) is 2.11. The van der Waals surface area contributed by atoms with E-state index >= 15 is 0 Å². The van der Waals surface area contributed by atoms with Gasteiger partial charge in [0, 0.05) is 10.6 Å². The van der Waals surface area contributed by atoms with Gasteiger partial charge in [0.2, 0.25) is 0 Å². The van der Waals surface area contributed by atoms with E-state index in [9.17, 15) is 4.39 Å². The van der Waals surface area contributed by atoms with Gasteiger partial charge in [-0.2, -0.15) is 0 Å². The summed E-state index contributed by atoms with van der Waals surface area (Å²) < 4.78 is 13.2. The Morgan fingerprint density at radius 3 is 2.77 bits per heavy atom. The van der Waals surface area contributed by atoms with E-state index in [1.54, 1.807) is 13.1 Å². The van der Waals surface area contributed by atoms with Crippen LogP contribution in [0.3, 0.4) is 0 Å². The summed E-state index contributed by atoms with van der Waals surface area (Å²) in [4.78, 5) is 0. The van der Waals surface area contributed by atoms with E-state index in [0.717, 1.165) is 0 Å². The second kappa shape index (κ2) is 4.56. The minimum Gasteiger partial charge on any atom is -0.394 e. The van der Waals surface area contributed by atoms with Crippen LogP contribution in [0.5, 0.6) is 0 Å². The lowest BCUT2D eigenvalue weighted by molar-refractivity contribution is 0.248. The Morgan fingerprint density at radius 1 is 1.62 bits per heavy atom. The molecule has 2 nitrogen and oxygen atoms in total. The minimum absolute atomic E-state index is 0.183. The summed E-state index contributed by atoms with van der Waals surface area (Å²) in [5.41, 5.74) is 0.314. The van der Waals surface area contributed by atoms with Crippen LogP contribution in [0.25, 0.3) is 0 Å². The molecule has 13 heavy (non-hydrogen) atoms. The molecule has 0 saturated heterocycles. The van der Waals surface area contributed by atoms with Gasteiger partial charge in [-0.25, -0.2) is 4.39 Å². The Balaban J connectivity index is 3.10.